The zero-order valence-corrected chi connectivity index (χ0v) is 28.8. The van der Waals surface area contributed by atoms with Gasteiger partial charge in [0.15, 0.2) is 23.1 Å². The van der Waals surface area contributed by atoms with Gasteiger partial charge in [0.2, 0.25) is 5.89 Å². The summed E-state index contributed by atoms with van der Waals surface area (Å²) in [5.74, 6) is 2.43. The molecule has 0 amide bonds. The summed E-state index contributed by atoms with van der Waals surface area (Å²) in [7, 11) is 0. The highest BCUT2D eigenvalue weighted by Gasteiger charge is 2.19. The lowest BCUT2D eigenvalue weighted by atomic mass is 10.0. The van der Waals surface area contributed by atoms with Gasteiger partial charge in [-0.05, 0) is 53.6 Å². The van der Waals surface area contributed by atoms with Gasteiger partial charge in [0.1, 0.15) is 16.7 Å². The maximum Gasteiger partial charge on any atom is 0.228 e. The van der Waals surface area contributed by atoms with Gasteiger partial charge in [-0.3, -0.25) is 0 Å². The third-order valence-electron chi connectivity index (χ3n) is 9.79. The Morgan fingerprint density at radius 3 is 1.87 bits per heavy atom. The summed E-state index contributed by atoms with van der Waals surface area (Å²) in [5.41, 5.74) is 8.89. The van der Waals surface area contributed by atoms with E-state index in [2.05, 4.69) is 72.8 Å². The summed E-state index contributed by atoms with van der Waals surface area (Å²) in [5, 5.41) is 4.40. The molecule has 0 saturated carbocycles. The highest BCUT2D eigenvalue weighted by atomic mass is 32.1. The minimum Gasteiger partial charge on any atom is -0.456 e. The van der Waals surface area contributed by atoms with Gasteiger partial charge in [0.05, 0.1) is 5.56 Å². The van der Waals surface area contributed by atoms with Crippen molar-refractivity contribution in [2.45, 2.75) is 0 Å². The van der Waals surface area contributed by atoms with E-state index in [4.69, 9.17) is 28.8 Å². The monoisotopic (exact) mass is 698 g/mol. The van der Waals surface area contributed by atoms with Crippen LogP contribution in [0.15, 0.2) is 167 Å². The second-order valence-corrected chi connectivity index (χ2v) is 14.1. The molecule has 53 heavy (non-hydrogen) atoms. The van der Waals surface area contributed by atoms with E-state index in [9.17, 15) is 0 Å². The van der Waals surface area contributed by atoms with E-state index >= 15 is 0 Å². The van der Waals surface area contributed by atoms with Gasteiger partial charge in [-0.25, -0.2) is 19.9 Å². The van der Waals surface area contributed by atoms with Crippen LogP contribution in [-0.4, -0.2) is 19.9 Å². The van der Waals surface area contributed by atoms with Crippen LogP contribution in [-0.2, 0) is 0 Å². The zero-order chi connectivity index (χ0) is 34.9. The van der Waals surface area contributed by atoms with E-state index in [1.165, 1.54) is 20.2 Å². The first kappa shape index (κ1) is 29.7. The Labute approximate surface area is 306 Å². The summed E-state index contributed by atoms with van der Waals surface area (Å²) in [4.78, 5) is 19.9. The molecule has 0 aliphatic carbocycles. The molecule has 0 aliphatic rings. The topological polar surface area (TPSA) is 77.8 Å². The van der Waals surface area contributed by atoms with Crippen molar-refractivity contribution in [1.82, 2.24) is 19.9 Å². The van der Waals surface area contributed by atoms with Crippen LogP contribution in [0.3, 0.4) is 0 Å². The van der Waals surface area contributed by atoms with Crippen LogP contribution in [0.25, 0.3) is 110 Å². The molecule has 0 radical (unpaired) electrons. The van der Waals surface area contributed by atoms with Crippen molar-refractivity contribution in [3.63, 3.8) is 0 Å². The fourth-order valence-corrected chi connectivity index (χ4v) is 8.46. The normalized spacial score (nSPS) is 11.8. The number of hydrogen-bond acceptors (Lipinski definition) is 7. The van der Waals surface area contributed by atoms with Gasteiger partial charge >= 0.3 is 0 Å². The molecule has 248 valence electrons. The first-order chi connectivity index (χ1) is 26.2. The Hall–Kier alpha value is -6.96. The van der Waals surface area contributed by atoms with E-state index < -0.39 is 0 Å². The van der Waals surface area contributed by atoms with Crippen molar-refractivity contribution in [2.24, 2.45) is 0 Å². The van der Waals surface area contributed by atoms with Crippen molar-refractivity contribution in [3.05, 3.63) is 158 Å². The van der Waals surface area contributed by atoms with Crippen molar-refractivity contribution in [1.29, 1.82) is 0 Å². The van der Waals surface area contributed by atoms with Crippen LogP contribution >= 0.6 is 11.3 Å². The Bertz CT molecular complexity index is 3120. The minimum absolute atomic E-state index is 0.584. The second kappa shape index (κ2) is 11.8. The van der Waals surface area contributed by atoms with Crippen molar-refractivity contribution in [3.8, 4) is 56.7 Å². The fraction of sp³-hybridized carbons (Fsp3) is 0. The first-order valence-electron chi connectivity index (χ1n) is 17.4. The van der Waals surface area contributed by atoms with Crippen LogP contribution < -0.4 is 0 Å². The molecule has 0 saturated heterocycles. The van der Waals surface area contributed by atoms with Gasteiger partial charge < -0.3 is 8.83 Å². The highest BCUT2D eigenvalue weighted by Crippen LogP contribution is 2.42. The molecule has 0 N–H and O–H groups in total. The molecule has 0 bridgehead atoms. The Morgan fingerprint density at radius 2 is 1.06 bits per heavy atom. The number of oxazole rings is 1. The lowest BCUT2D eigenvalue weighted by Crippen LogP contribution is -2.00. The average molecular weight is 699 g/mol. The predicted octanol–water partition coefficient (Wildman–Crippen LogP) is 12.6. The fourth-order valence-electron chi connectivity index (χ4n) is 7.26. The Morgan fingerprint density at radius 1 is 0.396 bits per heavy atom. The van der Waals surface area contributed by atoms with E-state index in [1.807, 2.05) is 84.9 Å². The smallest absolute Gasteiger partial charge is 0.228 e. The number of benzene rings is 7. The summed E-state index contributed by atoms with van der Waals surface area (Å²) < 4.78 is 15.3. The van der Waals surface area contributed by atoms with Crippen LogP contribution in [0.4, 0.5) is 0 Å². The number of aromatic nitrogens is 4. The third kappa shape index (κ3) is 4.93. The largest absolute Gasteiger partial charge is 0.456 e. The molecule has 7 aromatic carbocycles. The van der Waals surface area contributed by atoms with Gasteiger partial charge in [0.25, 0.3) is 0 Å². The van der Waals surface area contributed by atoms with Gasteiger partial charge in [-0.2, -0.15) is 0 Å². The van der Waals surface area contributed by atoms with Gasteiger partial charge in [0, 0.05) is 47.6 Å². The number of fused-ring (bicyclic) bond motifs is 7. The molecular formula is C46H26N4O2S. The number of thiophene rings is 1. The lowest BCUT2D eigenvalue weighted by molar-refractivity contribution is 0.621. The van der Waals surface area contributed by atoms with Gasteiger partial charge in [-0.15, -0.1) is 11.3 Å². The molecule has 4 aromatic heterocycles. The molecule has 4 heterocycles. The van der Waals surface area contributed by atoms with Gasteiger partial charge in [-0.1, -0.05) is 115 Å². The summed E-state index contributed by atoms with van der Waals surface area (Å²) >= 11 is 1.77. The standard InChI is InChI=1S/C46H26N4O2S/c1-3-11-27(12-4-1)43-48-44(28-13-5-2-6-14-28)50-45(49-43)33-17-10-19-38-41(33)35-25-29(22-24-37(35)51-38)30-21-23-36-39(26-30)52-46(47-36)34-18-9-16-32-31-15-7-8-20-40(31)53-42(32)34/h1-26H. The zero-order valence-electron chi connectivity index (χ0n) is 28.0. The maximum absolute atomic E-state index is 6.49. The first-order valence-corrected chi connectivity index (χ1v) is 18.2. The van der Waals surface area contributed by atoms with Crippen LogP contribution in [0.1, 0.15) is 0 Å². The van der Waals surface area contributed by atoms with E-state index in [1.54, 1.807) is 11.3 Å². The number of furan rings is 1. The number of nitrogens with zero attached hydrogens (tertiary/aromatic N) is 4. The molecule has 0 unspecified atom stereocenters. The molecule has 11 aromatic rings. The third-order valence-corrected chi connectivity index (χ3v) is 11.0. The predicted molar refractivity (Wildman–Crippen MR) is 215 cm³/mol. The molecule has 11 rings (SSSR count). The quantitative estimate of drug-likeness (QED) is 0.178. The highest BCUT2D eigenvalue weighted by molar-refractivity contribution is 7.26. The summed E-state index contributed by atoms with van der Waals surface area (Å²) in [6, 6.07) is 53.5. The summed E-state index contributed by atoms with van der Waals surface area (Å²) in [6.07, 6.45) is 0. The van der Waals surface area contributed by atoms with Crippen LogP contribution in [0, 0.1) is 0 Å². The maximum atomic E-state index is 6.49. The average Bonchev–Trinajstić information content (AvgIpc) is 3.94. The summed E-state index contributed by atoms with van der Waals surface area (Å²) in [6.45, 7) is 0. The van der Waals surface area contributed by atoms with Crippen molar-refractivity contribution in [2.75, 3.05) is 0 Å². The van der Waals surface area contributed by atoms with Crippen LogP contribution in [0.5, 0.6) is 0 Å². The van der Waals surface area contributed by atoms with Crippen molar-refractivity contribution >= 4 is 64.5 Å². The minimum atomic E-state index is 0.584. The molecule has 0 fully saturated rings. The van der Waals surface area contributed by atoms with E-state index in [-0.39, 0.29) is 0 Å². The lowest BCUT2D eigenvalue weighted by Gasteiger charge is -2.09. The second-order valence-electron chi connectivity index (χ2n) is 13.0. The Kier molecular flexibility index (Phi) is 6.62. The molecule has 0 spiro atoms. The van der Waals surface area contributed by atoms with Crippen molar-refractivity contribution < 1.29 is 8.83 Å². The van der Waals surface area contributed by atoms with E-state index in [0.29, 0.717) is 23.4 Å². The molecule has 7 heteroatoms. The molecule has 0 aliphatic heterocycles. The number of hydrogen-bond donors (Lipinski definition) is 0. The number of rotatable bonds is 5. The van der Waals surface area contributed by atoms with Crippen LogP contribution in [0.2, 0.25) is 0 Å². The molecular weight excluding hydrogens is 673 g/mol. The molecule has 0 atom stereocenters. The Balaban J connectivity index is 1.04. The molecule has 6 nitrogen and oxygen atoms in total. The SMILES string of the molecule is c1ccc(-c2nc(-c3ccccc3)nc(-c3cccc4oc5ccc(-c6ccc7nc(-c8cccc9c8sc8ccccc89)oc7c6)cc5c34)n2)cc1. The van der Waals surface area contributed by atoms with E-state index in [0.717, 1.165) is 66.4 Å².